The van der Waals surface area contributed by atoms with Crippen LogP contribution in [0.2, 0.25) is 0 Å². The summed E-state index contributed by atoms with van der Waals surface area (Å²) in [4.78, 5) is 6.93. The zero-order valence-corrected chi connectivity index (χ0v) is 16.5. The van der Waals surface area contributed by atoms with Crippen LogP contribution in [-0.4, -0.2) is 64.3 Å². The maximum atomic E-state index is 5.27. The quantitative estimate of drug-likeness (QED) is 0.307. The molecule has 0 aromatic rings. The molecule has 0 aromatic carbocycles. The Hall–Kier alpha value is -0.810. The van der Waals surface area contributed by atoms with Gasteiger partial charge in [-0.1, -0.05) is 20.3 Å². The number of hydrogen-bond acceptors (Lipinski definition) is 3. The van der Waals surface area contributed by atoms with Gasteiger partial charge >= 0.3 is 0 Å². The smallest absolute Gasteiger partial charge is 0.190 e. The number of nitrogens with zero attached hydrogens (tertiary/aromatic N) is 2. The van der Waals surface area contributed by atoms with Crippen molar-refractivity contribution in [3.63, 3.8) is 0 Å². The lowest BCUT2D eigenvalue weighted by atomic mass is 9.67. The molecule has 142 valence electrons. The van der Waals surface area contributed by atoms with Crippen LogP contribution in [0.3, 0.4) is 0 Å². The standard InChI is InChI=1S/C19H40N4O/c1-5-13-23(14-6-2)15-8-12-21-18(20-3)22-17-19(9-7-10-19)11-16-24-4/h5-17H2,1-4H3,(H2,20,21,22). The van der Waals surface area contributed by atoms with Crippen molar-refractivity contribution in [3.8, 4) is 0 Å². The minimum Gasteiger partial charge on any atom is -0.385 e. The van der Waals surface area contributed by atoms with Crippen molar-refractivity contribution in [1.29, 1.82) is 0 Å². The van der Waals surface area contributed by atoms with Gasteiger partial charge in [0.25, 0.3) is 0 Å². The summed E-state index contributed by atoms with van der Waals surface area (Å²) in [5.41, 5.74) is 0.423. The van der Waals surface area contributed by atoms with Gasteiger partial charge in [-0.15, -0.1) is 0 Å². The topological polar surface area (TPSA) is 48.9 Å². The first kappa shape index (κ1) is 21.2. The summed E-state index contributed by atoms with van der Waals surface area (Å²) in [6.07, 6.45) is 8.75. The van der Waals surface area contributed by atoms with E-state index in [1.165, 1.54) is 51.7 Å². The van der Waals surface area contributed by atoms with Gasteiger partial charge in [-0.3, -0.25) is 4.99 Å². The van der Waals surface area contributed by atoms with Gasteiger partial charge in [-0.05, 0) is 63.6 Å². The number of rotatable bonds is 13. The van der Waals surface area contributed by atoms with Gasteiger partial charge in [-0.2, -0.15) is 0 Å². The second-order valence-electron chi connectivity index (χ2n) is 7.14. The van der Waals surface area contributed by atoms with Crippen LogP contribution in [-0.2, 0) is 4.74 Å². The number of aliphatic imine (C=N–C) groups is 1. The first-order chi connectivity index (χ1) is 11.7. The maximum absolute atomic E-state index is 5.27. The molecule has 0 bridgehead atoms. The van der Waals surface area contributed by atoms with Crippen LogP contribution in [0, 0.1) is 5.41 Å². The summed E-state index contributed by atoms with van der Waals surface area (Å²) in [5, 5.41) is 7.00. The van der Waals surface area contributed by atoms with E-state index in [9.17, 15) is 0 Å². The fourth-order valence-electron chi connectivity index (χ4n) is 3.48. The molecule has 24 heavy (non-hydrogen) atoms. The lowest BCUT2D eigenvalue weighted by Gasteiger charge is -2.42. The molecular formula is C19H40N4O. The summed E-state index contributed by atoms with van der Waals surface area (Å²) in [6.45, 7) is 11.0. The highest BCUT2D eigenvalue weighted by Crippen LogP contribution is 2.43. The molecule has 0 radical (unpaired) electrons. The van der Waals surface area contributed by atoms with Gasteiger partial charge in [0.2, 0.25) is 0 Å². The number of guanidine groups is 1. The molecule has 5 heteroatoms. The SMILES string of the molecule is CCCN(CCC)CCCNC(=NC)NCC1(CCOC)CCC1. The van der Waals surface area contributed by atoms with Crippen LogP contribution in [0.15, 0.2) is 4.99 Å². The molecule has 0 heterocycles. The maximum Gasteiger partial charge on any atom is 0.190 e. The largest absolute Gasteiger partial charge is 0.385 e. The fourth-order valence-corrected chi connectivity index (χ4v) is 3.48. The molecule has 1 fully saturated rings. The Bertz CT molecular complexity index is 336. The Morgan fingerprint density at radius 1 is 1.12 bits per heavy atom. The van der Waals surface area contributed by atoms with Crippen molar-refractivity contribution < 1.29 is 4.74 Å². The van der Waals surface area contributed by atoms with E-state index >= 15 is 0 Å². The molecule has 0 saturated heterocycles. The first-order valence-electron chi connectivity index (χ1n) is 9.85. The van der Waals surface area contributed by atoms with E-state index in [1.807, 2.05) is 7.05 Å². The highest BCUT2D eigenvalue weighted by Gasteiger charge is 2.36. The molecule has 0 atom stereocenters. The van der Waals surface area contributed by atoms with Crippen LogP contribution >= 0.6 is 0 Å². The predicted molar refractivity (Wildman–Crippen MR) is 104 cm³/mol. The minimum atomic E-state index is 0.423. The van der Waals surface area contributed by atoms with E-state index in [2.05, 4.69) is 34.4 Å². The summed E-state index contributed by atoms with van der Waals surface area (Å²) in [6, 6.07) is 0. The summed E-state index contributed by atoms with van der Waals surface area (Å²) in [5.74, 6) is 0.941. The molecule has 5 nitrogen and oxygen atoms in total. The van der Waals surface area contributed by atoms with E-state index in [0.717, 1.165) is 38.5 Å². The van der Waals surface area contributed by atoms with Crippen molar-refractivity contribution >= 4 is 5.96 Å². The van der Waals surface area contributed by atoms with Crippen molar-refractivity contribution in [1.82, 2.24) is 15.5 Å². The van der Waals surface area contributed by atoms with Gasteiger partial charge in [0, 0.05) is 33.9 Å². The second kappa shape index (κ2) is 12.5. The second-order valence-corrected chi connectivity index (χ2v) is 7.14. The third-order valence-electron chi connectivity index (χ3n) is 5.13. The Balaban J connectivity index is 2.22. The number of nitrogens with one attached hydrogen (secondary N) is 2. The monoisotopic (exact) mass is 340 g/mol. The number of hydrogen-bond donors (Lipinski definition) is 2. The summed E-state index contributed by atoms with van der Waals surface area (Å²) < 4.78 is 5.27. The van der Waals surface area contributed by atoms with Gasteiger partial charge in [0.15, 0.2) is 5.96 Å². The minimum absolute atomic E-state index is 0.423. The van der Waals surface area contributed by atoms with Gasteiger partial charge in [-0.25, -0.2) is 0 Å². The molecule has 1 rings (SSSR count). The highest BCUT2D eigenvalue weighted by molar-refractivity contribution is 5.79. The van der Waals surface area contributed by atoms with Gasteiger partial charge in [0.05, 0.1) is 0 Å². The van der Waals surface area contributed by atoms with Gasteiger partial charge in [0.1, 0.15) is 0 Å². The van der Waals surface area contributed by atoms with Crippen molar-refractivity contribution in [3.05, 3.63) is 0 Å². The Labute approximate surface area is 149 Å². The Morgan fingerprint density at radius 3 is 2.33 bits per heavy atom. The molecule has 0 unspecified atom stereocenters. The summed E-state index contributed by atoms with van der Waals surface area (Å²) in [7, 11) is 3.65. The lowest BCUT2D eigenvalue weighted by molar-refractivity contribution is 0.0732. The third-order valence-corrected chi connectivity index (χ3v) is 5.13. The lowest BCUT2D eigenvalue weighted by Crippen LogP contribution is -2.47. The van der Waals surface area contributed by atoms with Crippen molar-refractivity contribution in [2.24, 2.45) is 10.4 Å². The van der Waals surface area contributed by atoms with E-state index in [1.54, 1.807) is 7.11 Å². The van der Waals surface area contributed by atoms with E-state index < -0.39 is 0 Å². The number of methoxy groups -OCH3 is 1. The highest BCUT2D eigenvalue weighted by atomic mass is 16.5. The zero-order chi connectivity index (χ0) is 17.7. The van der Waals surface area contributed by atoms with Crippen molar-refractivity contribution in [2.45, 2.75) is 58.8 Å². The van der Waals surface area contributed by atoms with Crippen LogP contribution in [0.4, 0.5) is 0 Å². The third kappa shape index (κ3) is 7.84. The molecule has 1 aliphatic carbocycles. The Kier molecular flexibility index (Phi) is 11.1. The fraction of sp³-hybridized carbons (Fsp3) is 0.947. The van der Waals surface area contributed by atoms with E-state index in [4.69, 9.17) is 4.74 Å². The number of ether oxygens (including phenoxy) is 1. The molecule has 0 amide bonds. The average molecular weight is 341 g/mol. The zero-order valence-electron chi connectivity index (χ0n) is 16.5. The van der Waals surface area contributed by atoms with Crippen LogP contribution in [0.5, 0.6) is 0 Å². The average Bonchev–Trinajstić information content (AvgIpc) is 2.55. The molecule has 0 aromatic heterocycles. The van der Waals surface area contributed by atoms with Crippen LogP contribution in [0.25, 0.3) is 0 Å². The van der Waals surface area contributed by atoms with Crippen molar-refractivity contribution in [2.75, 3.05) is 53.5 Å². The van der Waals surface area contributed by atoms with E-state index in [0.29, 0.717) is 5.41 Å². The molecule has 2 N–H and O–H groups in total. The summed E-state index contributed by atoms with van der Waals surface area (Å²) >= 11 is 0. The molecule has 1 saturated carbocycles. The molecule has 1 aliphatic rings. The van der Waals surface area contributed by atoms with E-state index in [-0.39, 0.29) is 0 Å². The Morgan fingerprint density at radius 2 is 1.83 bits per heavy atom. The van der Waals surface area contributed by atoms with Crippen LogP contribution < -0.4 is 10.6 Å². The molecule has 0 spiro atoms. The molecule has 0 aliphatic heterocycles. The first-order valence-corrected chi connectivity index (χ1v) is 9.85. The predicted octanol–water partition coefficient (Wildman–Crippen LogP) is 2.87. The molecular weight excluding hydrogens is 300 g/mol. The normalized spacial score (nSPS) is 17.0. The van der Waals surface area contributed by atoms with Crippen LogP contribution in [0.1, 0.15) is 58.8 Å². The van der Waals surface area contributed by atoms with Gasteiger partial charge < -0.3 is 20.3 Å².